The Morgan fingerprint density at radius 1 is 0.917 bits per heavy atom. The van der Waals surface area contributed by atoms with Gasteiger partial charge in [-0.3, -0.25) is 9.59 Å². The van der Waals surface area contributed by atoms with Crippen LogP contribution < -0.4 is 14.8 Å². The molecule has 1 amide bonds. The third kappa shape index (κ3) is 4.13. The van der Waals surface area contributed by atoms with E-state index in [9.17, 15) is 9.59 Å². The van der Waals surface area contributed by atoms with Gasteiger partial charge in [-0.15, -0.1) is 0 Å². The summed E-state index contributed by atoms with van der Waals surface area (Å²) in [7, 11) is 0. The van der Waals surface area contributed by atoms with Crippen LogP contribution in [0.4, 0.5) is 5.69 Å². The summed E-state index contributed by atoms with van der Waals surface area (Å²) in [5.74, 6) is 1.08. The van der Waals surface area contributed by atoms with E-state index in [0.717, 1.165) is 6.42 Å². The van der Waals surface area contributed by atoms with Crippen molar-refractivity contribution in [3.8, 4) is 11.5 Å². The van der Waals surface area contributed by atoms with Crippen LogP contribution >= 0.6 is 0 Å². The van der Waals surface area contributed by atoms with Crippen molar-refractivity contribution in [3.63, 3.8) is 0 Å². The van der Waals surface area contributed by atoms with Crippen LogP contribution in [0.2, 0.25) is 0 Å². The zero-order chi connectivity index (χ0) is 16.8. The first-order valence-electron chi connectivity index (χ1n) is 8.00. The molecule has 1 heterocycles. The van der Waals surface area contributed by atoms with Crippen LogP contribution in [0.15, 0.2) is 48.5 Å². The molecule has 0 saturated heterocycles. The number of amides is 1. The Morgan fingerprint density at radius 3 is 2.46 bits per heavy atom. The van der Waals surface area contributed by atoms with Gasteiger partial charge in [0.1, 0.15) is 0 Å². The molecular formula is C19H19NO4. The van der Waals surface area contributed by atoms with Crippen molar-refractivity contribution in [2.75, 3.05) is 18.5 Å². The Bertz CT molecular complexity index is 727. The molecular weight excluding hydrogens is 306 g/mol. The first kappa shape index (κ1) is 16.1. The number of Topliss-reactive ketones (excluding diaryl/α,β-unsaturated/α-hetero) is 1. The molecule has 3 rings (SSSR count). The highest BCUT2D eigenvalue weighted by molar-refractivity contribution is 6.00. The van der Waals surface area contributed by atoms with E-state index in [2.05, 4.69) is 5.32 Å². The second kappa shape index (κ2) is 7.64. The maximum atomic E-state index is 12.0. The van der Waals surface area contributed by atoms with Crippen molar-refractivity contribution >= 4 is 17.4 Å². The van der Waals surface area contributed by atoms with Gasteiger partial charge in [0.2, 0.25) is 5.91 Å². The number of benzene rings is 2. The van der Waals surface area contributed by atoms with Crippen molar-refractivity contribution in [1.82, 2.24) is 0 Å². The molecule has 5 heteroatoms. The number of hydrogen-bond donors (Lipinski definition) is 1. The van der Waals surface area contributed by atoms with Crippen LogP contribution in [-0.4, -0.2) is 24.9 Å². The zero-order valence-corrected chi connectivity index (χ0v) is 13.3. The van der Waals surface area contributed by atoms with Gasteiger partial charge in [0.15, 0.2) is 17.3 Å². The van der Waals surface area contributed by atoms with Crippen LogP contribution in [0.5, 0.6) is 11.5 Å². The minimum atomic E-state index is -0.200. The van der Waals surface area contributed by atoms with E-state index in [1.165, 1.54) is 0 Å². The lowest BCUT2D eigenvalue weighted by Gasteiger charge is -2.10. The summed E-state index contributed by atoms with van der Waals surface area (Å²) in [4.78, 5) is 24.1. The van der Waals surface area contributed by atoms with E-state index in [4.69, 9.17) is 9.47 Å². The van der Waals surface area contributed by atoms with Crippen molar-refractivity contribution in [2.45, 2.75) is 19.3 Å². The van der Waals surface area contributed by atoms with Gasteiger partial charge >= 0.3 is 0 Å². The fourth-order valence-corrected chi connectivity index (χ4v) is 2.46. The Balaban J connectivity index is 1.55. The number of anilines is 1. The fraction of sp³-hybridized carbons (Fsp3) is 0.263. The topological polar surface area (TPSA) is 64.6 Å². The van der Waals surface area contributed by atoms with Crippen molar-refractivity contribution < 1.29 is 19.1 Å². The highest BCUT2D eigenvalue weighted by Gasteiger charge is 2.13. The summed E-state index contributed by atoms with van der Waals surface area (Å²) in [5.41, 5.74) is 1.26. The molecule has 1 N–H and O–H groups in total. The molecule has 0 fully saturated rings. The number of hydrogen-bond acceptors (Lipinski definition) is 4. The van der Waals surface area contributed by atoms with Crippen molar-refractivity contribution in [1.29, 1.82) is 0 Å². The predicted molar refractivity (Wildman–Crippen MR) is 90.7 cm³/mol. The highest BCUT2D eigenvalue weighted by Crippen LogP contribution is 2.32. The maximum Gasteiger partial charge on any atom is 0.224 e. The second-order valence-corrected chi connectivity index (χ2v) is 5.55. The lowest BCUT2D eigenvalue weighted by molar-refractivity contribution is -0.116. The SMILES string of the molecule is O=C(CCC(=O)c1ccccc1)Nc1ccc2c(c1)OCCCO2. The average molecular weight is 325 g/mol. The van der Waals surface area contributed by atoms with Crippen molar-refractivity contribution in [2.24, 2.45) is 0 Å². The Morgan fingerprint density at radius 2 is 1.67 bits per heavy atom. The monoisotopic (exact) mass is 325 g/mol. The quantitative estimate of drug-likeness (QED) is 0.855. The zero-order valence-electron chi connectivity index (χ0n) is 13.3. The third-order valence-electron chi connectivity index (χ3n) is 3.71. The van der Waals surface area contributed by atoms with Crippen molar-refractivity contribution in [3.05, 3.63) is 54.1 Å². The summed E-state index contributed by atoms with van der Waals surface area (Å²) in [6, 6.07) is 14.3. The molecule has 124 valence electrons. The van der Waals surface area contributed by atoms with Crippen LogP contribution in [0.3, 0.4) is 0 Å². The number of rotatable bonds is 5. The lowest BCUT2D eigenvalue weighted by atomic mass is 10.1. The number of nitrogens with one attached hydrogen (secondary N) is 1. The Kier molecular flexibility index (Phi) is 5.11. The van der Waals surface area contributed by atoms with Gasteiger partial charge in [-0.05, 0) is 12.1 Å². The number of fused-ring (bicyclic) bond motifs is 1. The molecule has 1 aliphatic rings. The van der Waals surface area contributed by atoms with E-state index in [1.807, 2.05) is 18.2 Å². The molecule has 0 unspecified atom stereocenters. The molecule has 0 saturated carbocycles. The summed E-state index contributed by atoms with van der Waals surface area (Å²) in [6.07, 6.45) is 1.15. The Labute approximate surface area is 140 Å². The number of ketones is 1. The number of carbonyl (C=O) groups is 2. The van der Waals surface area contributed by atoms with Gasteiger partial charge in [-0.25, -0.2) is 0 Å². The average Bonchev–Trinajstić information content (AvgIpc) is 2.85. The first-order valence-corrected chi connectivity index (χ1v) is 8.00. The molecule has 0 aromatic heterocycles. The fourth-order valence-electron chi connectivity index (χ4n) is 2.46. The highest BCUT2D eigenvalue weighted by atomic mass is 16.5. The molecule has 1 aliphatic heterocycles. The minimum Gasteiger partial charge on any atom is -0.490 e. The molecule has 5 nitrogen and oxygen atoms in total. The van der Waals surface area contributed by atoms with E-state index in [1.54, 1.807) is 30.3 Å². The first-order chi connectivity index (χ1) is 11.7. The molecule has 0 atom stereocenters. The van der Waals surface area contributed by atoms with Gasteiger partial charge in [-0.1, -0.05) is 30.3 Å². The van der Waals surface area contributed by atoms with Crippen LogP contribution in [0, 0.1) is 0 Å². The van der Waals surface area contributed by atoms with Crippen LogP contribution in [0.1, 0.15) is 29.6 Å². The van der Waals surface area contributed by atoms with Gasteiger partial charge in [-0.2, -0.15) is 0 Å². The maximum absolute atomic E-state index is 12.0. The van der Waals surface area contributed by atoms with E-state index in [-0.39, 0.29) is 24.5 Å². The van der Waals surface area contributed by atoms with Gasteiger partial charge in [0.25, 0.3) is 0 Å². The number of ether oxygens (including phenoxy) is 2. The molecule has 0 aliphatic carbocycles. The summed E-state index contributed by atoms with van der Waals surface area (Å²) in [6.45, 7) is 1.22. The lowest BCUT2D eigenvalue weighted by Crippen LogP contribution is -2.13. The normalized spacial score (nSPS) is 13.0. The smallest absolute Gasteiger partial charge is 0.224 e. The Hall–Kier alpha value is -2.82. The third-order valence-corrected chi connectivity index (χ3v) is 3.71. The predicted octanol–water partition coefficient (Wildman–Crippen LogP) is 3.45. The molecule has 0 spiro atoms. The molecule has 0 radical (unpaired) electrons. The largest absolute Gasteiger partial charge is 0.490 e. The molecule has 24 heavy (non-hydrogen) atoms. The summed E-state index contributed by atoms with van der Waals surface area (Å²) >= 11 is 0. The standard InChI is InChI=1S/C19H19NO4/c21-16(14-5-2-1-3-6-14)8-10-19(22)20-15-7-9-17-18(13-15)24-12-4-11-23-17/h1-3,5-7,9,13H,4,8,10-12H2,(H,20,22). The van der Waals surface area contributed by atoms with Gasteiger partial charge < -0.3 is 14.8 Å². The molecule has 2 aromatic rings. The van der Waals surface area contributed by atoms with Gasteiger partial charge in [0, 0.05) is 36.6 Å². The molecule has 2 aromatic carbocycles. The molecule has 0 bridgehead atoms. The van der Waals surface area contributed by atoms with Crippen LogP contribution in [0.25, 0.3) is 0 Å². The second-order valence-electron chi connectivity index (χ2n) is 5.55. The van der Waals surface area contributed by atoms with E-state index in [0.29, 0.717) is 36.0 Å². The number of carbonyl (C=O) groups excluding carboxylic acids is 2. The van der Waals surface area contributed by atoms with Gasteiger partial charge in [0.05, 0.1) is 13.2 Å². The minimum absolute atomic E-state index is 0.0376. The summed E-state index contributed by atoms with van der Waals surface area (Å²) < 4.78 is 11.2. The summed E-state index contributed by atoms with van der Waals surface area (Å²) in [5, 5.41) is 2.79. The van der Waals surface area contributed by atoms with Crippen LogP contribution in [-0.2, 0) is 4.79 Å². The van der Waals surface area contributed by atoms with E-state index < -0.39 is 0 Å². The van der Waals surface area contributed by atoms with E-state index >= 15 is 0 Å².